The van der Waals surface area contributed by atoms with Crippen LogP contribution in [0.2, 0.25) is 0 Å². The zero-order valence-electron chi connectivity index (χ0n) is 12.6. The molecule has 22 heavy (non-hydrogen) atoms. The van der Waals surface area contributed by atoms with Crippen molar-refractivity contribution >= 4 is 10.9 Å². The minimum Gasteiger partial charge on any atom is -0.390 e. The lowest BCUT2D eigenvalue weighted by atomic mass is 10.1. The lowest BCUT2D eigenvalue weighted by Crippen LogP contribution is -2.36. The molecule has 0 radical (unpaired) electrons. The van der Waals surface area contributed by atoms with Gasteiger partial charge >= 0.3 is 0 Å². The van der Waals surface area contributed by atoms with E-state index < -0.39 is 0 Å². The molecule has 2 aromatic rings. The van der Waals surface area contributed by atoms with Crippen molar-refractivity contribution in [2.75, 3.05) is 26.2 Å². The molecule has 0 saturated carbocycles. The van der Waals surface area contributed by atoms with E-state index >= 15 is 0 Å². The molecule has 1 unspecified atom stereocenters. The zero-order chi connectivity index (χ0) is 15.4. The Balaban J connectivity index is 1.56. The molecule has 0 bridgehead atoms. The third-order valence-corrected chi connectivity index (χ3v) is 4.16. The Hall–Kier alpha value is -1.56. The highest BCUT2D eigenvalue weighted by molar-refractivity contribution is 5.82. The smallest absolute Gasteiger partial charge is 0.132 e. The summed E-state index contributed by atoms with van der Waals surface area (Å²) in [4.78, 5) is 6.57. The first kappa shape index (κ1) is 15.3. The van der Waals surface area contributed by atoms with Crippen LogP contribution in [0.3, 0.4) is 0 Å². The highest BCUT2D eigenvalue weighted by Crippen LogP contribution is 2.19. The number of nitrogens with zero attached hydrogens (tertiary/aromatic N) is 2. The van der Waals surface area contributed by atoms with Gasteiger partial charge in [0.15, 0.2) is 0 Å². The fourth-order valence-corrected chi connectivity index (χ4v) is 3.04. The maximum Gasteiger partial charge on any atom is 0.132 e. The topological polar surface area (TPSA) is 48.4 Å². The predicted octanol–water partition coefficient (Wildman–Crippen LogP) is 1.92. The molecule has 0 amide bonds. The Morgan fingerprint density at radius 2 is 2.09 bits per heavy atom. The number of aromatic nitrogens is 1. The lowest BCUT2D eigenvalue weighted by molar-refractivity contribution is 0.123. The number of pyridine rings is 1. The zero-order valence-corrected chi connectivity index (χ0v) is 12.6. The van der Waals surface area contributed by atoms with Gasteiger partial charge in [0.2, 0.25) is 0 Å². The summed E-state index contributed by atoms with van der Waals surface area (Å²) in [5, 5.41) is 13.9. The number of benzene rings is 1. The molecule has 1 aliphatic rings. The number of rotatable bonds is 6. The minimum absolute atomic E-state index is 0.249. The molecular formula is C17H22FN3O. The van der Waals surface area contributed by atoms with Gasteiger partial charge in [-0.05, 0) is 49.7 Å². The van der Waals surface area contributed by atoms with Crippen LogP contribution < -0.4 is 5.32 Å². The molecule has 118 valence electrons. The van der Waals surface area contributed by atoms with Crippen molar-refractivity contribution in [1.29, 1.82) is 0 Å². The van der Waals surface area contributed by atoms with Crippen molar-refractivity contribution in [2.24, 2.45) is 0 Å². The molecule has 3 rings (SSSR count). The fourth-order valence-electron chi connectivity index (χ4n) is 3.04. The van der Waals surface area contributed by atoms with Crippen LogP contribution >= 0.6 is 0 Å². The molecule has 1 saturated heterocycles. The van der Waals surface area contributed by atoms with Crippen LogP contribution in [0, 0.1) is 5.82 Å². The van der Waals surface area contributed by atoms with Gasteiger partial charge in [0.1, 0.15) is 5.82 Å². The van der Waals surface area contributed by atoms with Gasteiger partial charge in [0, 0.05) is 31.2 Å². The van der Waals surface area contributed by atoms with Gasteiger partial charge in [0.25, 0.3) is 0 Å². The van der Waals surface area contributed by atoms with Crippen molar-refractivity contribution < 1.29 is 9.50 Å². The molecule has 2 N–H and O–H groups in total. The standard InChI is InChI=1S/C17H22FN3O/c18-16-6-5-13(17-15(16)4-3-7-20-17)10-19-11-14(22)12-21-8-1-2-9-21/h3-7,14,19,22H,1-2,8-12H2. The first-order valence-corrected chi connectivity index (χ1v) is 7.87. The van der Waals surface area contributed by atoms with Gasteiger partial charge in [-0.2, -0.15) is 0 Å². The van der Waals surface area contributed by atoms with Crippen LogP contribution in [0.15, 0.2) is 30.5 Å². The van der Waals surface area contributed by atoms with Crippen molar-refractivity contribution in [3.8, 4) is 0 Å². The Kier molecular flexibility index (Phi) is 4.97. The van der Waals surface area contributed by atoms with E-state index in [0.29, 0.717) is 24.0 Å². The van der Waals surface area contributed by atoms with Crippen LogP contribution in [0.4, 0.5) is 4.39 Å². The number of β-amino-alcohol motifs (C(OH)–C–C–N with tert-alkyl or cyclic N) is 1. The number of halogens is 1. The van der Waals surface area contributed by atoms with E-state index in [9.17, 15) is 9.50 Å². The van der Waals surface area contributed by atoms with Crippen LogP contribution in [0.25, 0.3) is 10.9 Å². The summed E-state index contributed by atoms with van der Waals surface area (Å²) in [6.45, 7) is 4.00. The van der Waals surface area contributed by atoms with Crippen molar-refractivity contribution in [3.63, 3.8) is 0 Å². The summed E-state index contributed by atoms with van der Waals surface area (Å²) in [5.74, 6) is -0.249. The van der Waals surface area contributed by atoms with Crippen LogP contribution in [-0.4, -0.2) is 47.3 Å². The number of hydrogen-bond acceptors (Lipinski definition) is 4. The highest BCUT2D eigenvalue weighted by Gasteiger charge is 2.15. The van der Waals surface area contributed by atoms with Gasteiger partial charge in [-0.1, -0.05) is 6.07 Å². The molecule has 1 fully saturated rings. The summed E-state index contributed by atoms with van der Waals surface area (Å²) >= 11 is 0. The maximum atomic E-state index is 13.7. The Morgan fingerprint density at radius 3 is 2.91 bits per heavy atom. The molecule has 1 aromatic carbocycles. The molecular weight excluding hydrogens is 281 g/mol. The Labute approximate surface area is 130 Å². The Morgan fingerprint density at radius 1 is 1.27 bits per heavy atom. The number of likely N-dealkylation sites (tertiary alicyclic amines) is 1. The fraction of sp³-hybridized carbons (Fsp3) is 0.471. The predicted molar refractivity (Wildman–Crippen MR) is 85.1 cm³/mol. The molecule has 2 heterocycles. The summed E-state index contributed by atoms with van der Waals surface area (Å²) in [7, 11) is 0. The van der Waals surface area contributed by atoms with E-state index in [-0.39, 0.29) is 11.9 Å². The second-order valence-corrected chi connectivity index (χ2v) is 5.90. The third kappa shape index (κ3) is 3.61. The van der Waals surface area contributed by atoms with Gasteiger partial charge in [-0.15, -0.1) is 0 Å². The third-order valence-electron chi connectivity index (χ3n) is 4.16. The molecule has 0 aliphatic carbocycles. The highest BCUT2D eigenvalue weighted by atomic mass is 19.1. The van der Waals surface area contributed by atoms with E-state index in [0.717, 1.165) is 25.2 Å². The second-order valence-electron chi connectivity index (χ2n) is 5.90. The van der Waals surface area contributed by atoms with Crippen molar-refractivity contribution in [1.82, 2.24) is 15.2 Å². The second kappa shape index (κ2) is 7.13. The van der Waals surface area contributed by atoms with Crippen molar-refractivity contribution in [3.05, 3.63) is 41.8 Å². The largest absolute Gasteiger partial charge is 0.390 e. The summed E-state index contributed by atoms with van der Waals surface area (Å²) in [6, 6.07) is 6.71. The first-order valence-electron chi connectivity index (χ1n) is 7.87. The maximum absolute atomic E-state index is 13.7. The van der Waals surface area contributed by atoms with Crippen molar-refractivity contribution in [2.45, 2.75) is 25.5 Å². The van der Waals surface area contributed by atoms with Gasteiger partial charge in [-0.3, -0.25) is 4.98 Å². The molecule has 4 nitrogen and oxygen atoms in total. The normalized spacial score (nSPS) is 17.2. The molecule has 5 heteroatoms. The number of hydrogen-bond donors (Lipinski definition) is 2. The van der Waals surface area contributed by atoms with Crippen LogP contribution in [-0.2, 0) is 6.54 Å². The average Bonchev–Trinajstić information content (AvgIpc) is 3.03. The molecule has 1 aliphatic heterocycles. The SMILES string of the molecule is OC(CNCc1ccc(F)c2cccnc12)CN1CCCC1. The average molecular weight is 303 g/mol. The number of nitrogens with one attached hydrogen (secondary N) is 1. The molecule has 0 spiro atoms. The van der Waals surface area contributed by atoms with Crippen LogP contribution in [0.5, 0.6) is 0 Å². The van der Waals surface area contributed by atoms with Gasteiger partial charge in [-0.25, -0.2) is 4.39 Å². The lowest BCUT2D eigenvalue weighted by Gasteiger charge is -2.19. The van der Waals surface area contributed by atoms with Gasteiger partial charge < -0.3 is 15.3 Å². The Bertz CT molecular complexity index is 628. The minimum atomic E-state index is -0.377. The van der Waals surface area contributed by atoms with Gasteiger partial charge in [0.05, 0.1) is 11.6 Å². The summed E-state index contributed by atoms with van der Waals surface area (Å²) in [5.41, 5.74) is 1.63. The molecule has 1 atom stereocenters. The summed E-state index contributed by atoms with van der Waals surface area (Å²) < 4.78 is 13.7. The van der Waals surface area contributed by atoms with E-state index in [1.807, 2.05) is 0 Å². The van der Waals surface area contributed by atoms with Crippen LogP contribution in [0.1, 0.15) is 18.4 Å². The van der Waals surface area contributed by atoms with E-state index in [1.54, 1.807) is 24.4 Å². The quantitative estimate of drug-likeness (QED) is 0.856. The summed E-state index contributed by atoms with van der Waals surface area (Å²) in [6.07, 6.45) is 3.76. The van der Waals surface area contributed by atoms with E-state index in [4.69, 9.17) is 0 Å². The number of aliphatic hydroxyl groups is 1. The van der Waals surface area contributed by atoms with E-state index in [1.165, 1.54) is 18.9 Å². The molecule has 1 aromatic heterocycles. The monoisotopic (exact) mass is 303 g/mol. The number of aliphatic hydroxyl groups excluding tert-OH is 1. The van der Waals surface area contributed by atoms with E-state index in [2.05, 4.69) is 15.2 Å². The number of fused-ring (bicyclic) bond motifs is 1. The first-order chi connectivity index (χ1) is 10.7.